The smallest absolute Gasteiger partial charge is 0.332 e. The number of nitrogens with one attached hydrogen (secondary N) is 1. The summed E-state index contributed by atoms with van der Waals surface area (Å²) in [6, 6.07) is 7.61. The number of benzene rings is 1. The molecule has 1 unspecified atom stereocenters. The summed E-state index contributed by atoms with van der Waals surface area (Å²) in [5.41, 5.74) is 2.03. The molecular weight excluding hydrogens is 234 g/mol. The van der Waals surface area contributed by atoms with Crippen LogP contribution in [0.3, 0.4) is 0 Å². The fourth-order valence-electron chi connectivity index (χ4n) is 1.43. The SMILES string of the molecule is Cc1ccc(CC(=O)NCCC(O)C(=O)O)cc1. The van der Waals surface area contributed by atoms with Crippen LogP contribution >= 0.6 is 0 Å². The van der Waals surface area contributed by atoms with Crippen molar-refractivity contribution in [2.75, 3.05) is 6.54 Å². The van der Waals surface area contributed by atoms with Crippen LogP contribution in [0.25, 0.3) is 0 Å². The largest absolute Gasteiger partial charge is 0.479 e. The Kier molecular flexibility index (Phi) is 5.32. The fraction of sp³-hybridized carbons (Fsp3) is 0.385. The van der Waals surface area contributed by atoms with Crippen molar-refractivity contribution in [1.82, 2.24) is 5.32 Å². The van der Waals surface area contributed by atoms with Gasteiger partial charge in [0.05, 0.1) is 6.42 Å². The lowest BCUT2D eigenvalue weighted by Gasteiger charge is -2.07. The summed E-state index contributed by atoms with van der Waals surface area (Å²) < 4.78 is 0. The average molecular weight is 251 g/mol. The van der Waals surface area contributed by atoms with Crippen LogP contribution in [0.15, 0.2) is 24.3 Å². The van der Waals surface area contributed by atoms with Crippen LogP contribution in [0.5, 0.6) is 0 Å². The Morgan fingerprint density at radius 2 is 1.89 bits per heavy atom. The lowest BCUT2D eigenvalue weighted by molar-refractivity contribution is -0.147. The highest BCUT2D eigenvalue weighted by Gasteiger charge is 2.12. The first-order chi connectivity index (χ1) is 8.49. The van der Waals surface area contributed by atoms with Gasteiger partial charge in [0.15, 0.2) is 6.10 Å². The number of hydrogen-bond donors (Lipinski definition) is 3. The first-order valence-corrected chi connectivity index (χ1v) is 5.72. The molecule has 1 aromatic carbocycles. The Morgan fingerprint density at radius 3 is 2.44 bits per heavy atom. The van der Waals surface area contributed by atoms with Gasteiger partial charge in [-0.15, -0.1) is 0 Å². The van der Waals surface area contributed by atoms with Gasteiger partial charge in [0.25, 0.3) is 0 Å². The summed E-state index contributed by atoms with van der Waals surface area (Å²) in [6.45, 7) is 2.12. The zero-order valence-corrected chi connectivity index (χ0v) is 10.2. The molecule has 0 aliphatic carbocycles. The molecule has 0 saturated heterocycles. The van der Waals surface area contributed by atoms with E-state index in [2.05, 4.69) is 5.32 Å². The fourth-order valence-corrected chi connectivity index (χ4v) is 1.43. The first-order valence-electron chi connectivity index (χ1n) is 5.72. The molecule has 1 amide bonds. The van der Waals surface area contributed by atoms with E-state index in [0.29, 0.717) is 0 Å². The molecule has 0 fully saturated rings. The molecule has 0 heterocycles. The van der Waals surface area contributed by atoms with Gasteiger partial charge in [-0.05, 0) is 12.5 Å². The molecule has 5 nitrogen and oxygen atoms in total. The number of aliphatic hydroxyl groups is 1. The molecule has 5 heteroatoms. The maximum atomic E-state index is 11.5. The Hall–Kier alpha value is -1.88. The topological polar surface area (TPSA) is 86.6 Å². The molecule has 0 spiro atoms. The molecule has 0 radical (unpaired) electrons. The minimum atomic E-state index is -1.43. The summed E-state index contributed by atoms with van der Waals surface area (Å²) in [5.74, 6) is -1.46. The van der Waals surface area contributed by atoms with Crippen molar-refractivity contribution in [2.45, 2.75) is 25.9 Å². The van der Waals surface area contributed by atoms with Gasteiger partial charge >= 0.3 is 5.97 Å². The number of carboxylic acids is 1. The van der Waals surface area contributed by atoms with E-state index in [0.717, 1.165) is 11.1 Å². The minimum Gasteiger partial charge on any atom is -0.479 e. The van der Waals surface area contributed by atoms with Gasteiger partial charge < -0.3 is 15.5 Å². The number of carbonyl (C=O) groups is 2. The Bertz CT molecular complexity index is 414. The average Bonchev–Trinajstić information content (AvgIpc) is 2.32. The zero-order chi connectivity index (χ0) is 13.5. The van der Waals surface area contributed by atoms with Crippen LogP contribution in [0.4, 0.5) is 0 Å². The molecule has 0 aromatic heterocycles. The molecule has 98 valence electrons. The standard InChI is InChI=1S/C13H17NO4/c1-9-2-4-10(5-3-9)8-12(16)14-7-6-11(15)13(17)18/h2-5,11,15H,6-8H2,1H3,(H,14,16)(H,17,18). The Balaban J connectivity index is 2.30. The predicted molar refractivity (Wildman–Crippen MR) is 66.2 cm³/mol. The number of amides is 1. The van der Waals surface area contributed by atoms with Crippen molar-refractivity contribution in [3.8, 4) is 0 Å². The van der Waals surface area contributed by atoms with Crippen molar-refractivity contribution in [3.05, 3.63) is 35.4 Å². The number of carboxylic acid groups (broad SMARTS) is 1. The summed E-state index contributed by atoms with van der Waals surface area (Å²) >= 11 is 0. The van der Waals surface area contributed by atoms with Crippen molar-refractivity contribution < 1.29 is 19.8 Å². The van der Waals surface area contributed by atoms with Crippen LogP contribution < -0.4 is 5.32 Å². The molecule has 1 aromatic rings. The first kappa shape index (κ1) is 14.2. The third-order valence-electron chi connectivity index (χ3n) is 2.51. The van der Waals surface area contributed by atoms with Gasteiger partial charge in [0.1, 0.15) is 0 Å². The van der Waals surface area contributed by atoms with E-state index >= 15 is 0 Å². The van der Waals surface area contributed by atoms with Gasteiger partial charge in [-0.2, -0.15) is 0 Å². The second-order valence-electron chi connectivity index (χ2n) is 4.16. The van der Waals surface area contributed by atoms with E-state index < -0.39 is 12.1 Å². The minimum absolute atomic E-state index is 0.00890. The van der Waals surface area contributed by atoms with Crippen molar-refractivity contribution in [3.63, 3.8) is 0 Å². The number of aliphatic hydroxyl groups excluding tert-OH is 1. The number of hydrogen-bond acceptors (Lipinski definition) is 3. The van der Waals surface area contributed by atoms with E-state index in [1.165, 1.54) is 0 Å². The molecule has 0 aliphatic heterocycles. The van der Waals surface area contributed by atoms with Crippen LogP contribution in [-0.2, 0) is 16.0 Å². The zero-order valence-electron chi connectivity index (χ0n) is 10.2. The number of rotatable bonds is 6. The van der Waals surface area contributed by atoms with Crippen molar-refractivity contribution in [1.29, 1.82) is 0 Å². The highest BCUT2D eigenvalue weighted by atomic mass is 16.4. The summed E-state index contributed by atoms with van der Waals surface area (Å²) in [4.78, 5) is 21.8. The molecule has 1 rings (SSSR count). The third-order valence-corrected chi connectivity index (χ3v) is 2.51. The van der Waals surface area contributed by atoms with E-state index in [4.69, 9.17) is 10.2 Å². The maximum Gasteiger partial charge on any atom is 0.332 e. The van der Waals surface area contributed by atoms with Crippen LogP contribution in [0.1, 0.15) is 17.5 Å². The van der Waals surface area contributed by atoms with E-state index in [9.17, 15) is 9.59 Å². The summed E-state index contributed by atoms with van der Waals surface area (Å²) in [5, 5.41) is 20.0. The lowest BCUT2D eigenvalue weighted by atomic mass is 10.1. The normalized spacial score (nSPS) is 11.9. The molecule has 18 heavy (non-hydrogen) atoms. The maximum absolute atomic E-state index is 11.5. The third kappa shape index (κ3) is 4.97. The van der Waals surface area contributed by atoms with Crippen molar-refractivity contribution >= 4 is 11.9 Å². The second kappa shape index (κ2) is 6.76. The van der Waals surface area contributed by atoms with Gasteiger partial charge in [-0.25, -0.2) is 4.79 Å². The number of aryl methyl sites for hydroxylation is 1. The summed E-state index contributed by atoms with van der Waals surface area (Å²) in [6.07, 6.45) is -1.16. The Labute approximate surface area is 105 Å². The monoisotopic (exact) mass is 251 g/mol. The predicted octanol–water partition coefficient (Wildman–Crippen LogP) is 0.489. The molecule has 3 N–H and O–H groups in total. The highest BCUT2D eigenvalue weighted by Crippen LogP contribution is 2.03. The van der Waals surface area contributed by atoms with E-state index in [1.54, 1.807) is 0 Å². The molecule has 0 bridgehead atoms. The molecule has 0 saturated carbocycles. The van der Waals surface area contributed by atoms with E-state index in [-0.39, 0.29) is 25.3 Å². The van der Waals surface area contributed by atoms with Crippen molar-refractivity contribution in [2.24, 2.45) is 0 Å². The second-order valence-corrected chi connectivity index (χ2v) is 4.16. The number of carbonyl (C=O) groups excluding carboxylic acids is 1. The van der Waals surface area contributed by atoms with Crippen LogP contribution in [0.2, 0.25) is 0 Å². The van der Waals surface area contributed by atoms with Crippen LogP contribution in [-0.4, -0.2) is 34.7 Å². The van der Waals surface area contributed by atoms with Gasteiger partial charge in [-0.3, -0.25) is 4.79 Å². The van der Waals surface area contributed by atoms with Gasteiger partial charge in [-0.1, -0.05) is 29.8 Å². The summed E-state index contributed by atoms with van der Waals surface area (Å²) in [7, 11) is 0. The van der Waals surface area contributed by atoms with Crippen LogP contribution in [0, 0.1) is 6.92 Å². The Morgan fingerprint density at radius 1 is 1.28 bits per heavy atom. The number of aliphatic carboxylic acids is 1. The molecular formula is C13H17NO4. The van der Waals surface area contributed by atoms with Gasteiger partial charge in [0, 0.05) is 13.0 Å². The van der Waals surface area contributed by atoms with E-state index in [1.807, 2.05) is 31.2 Å². The molecule has 0 aliphatic rings. The lowest BCUT2D eigenvalue weighted by Crippen LogP contribution is -2.30. The van der Waals surface area contributed by atoms with Gasteiger partial charge in [0.2, 0.25) is 5.91 Å². The highest BCUT2D eigenvalue weighted by molar-refractivity contribution is 5.78. The molecule has 1 atom stereocenters. The quantitative estimate of drug-likeness (QED) is 0.686.